The summed E-state index contributed by atoms with van der Waals surface area (Å²) in [4.78, 5) is 18.1. The Morgan fingerprint density at radius 1 is 1.18 bits per heavy atom. The molecule has 1 heterocycles. The Morgan fingerprint density at radius 3 is 2.46 bits per heavy atom. The van der Waals surface area contributed by atoms with Crippen LogP contribution in [0, 0.1) is 0 Å². The first-order valence-electron chi connectivity index (χ1n) is 9.30. The van der Waals surface area contributed by atoms with E-state index in [2.05, 4.69) is 27.6 Å². The fraction of sp³-hybridized carbons (Fsp3) is 0.450. The SMILES string of the molecule is CCNC(=NCc1ccc(C(=O)N(C)C)cc1)NCCCc1cnn(C)c1.I. The Morgan fingerprint density at radius 2 is 1.89 bits per heavy atom. The van der Waals surface area contributed by atoms with E-state index < -0.39 is 0 Å². The Hall–Kier alpha value is -2.10. The van der Waals surface area contributed by atoms with Gasteiger partial charge in [0.25, 0.3) is 5.91 Å². The highest BCUT2D eigenvalue weighted by Crippen LogP contribution is 2.07. The number of benzene rings is 1. The molecule has 28 heavy (non-hydrogen) atoms. The molecule has 1 aromatic heterocycles. The summed E-state index contributed by atoms with van der Waals surface area (Å²) in [5, 5.41) is 10.8. The van der Waals surface area contributed by atoms with Gasteiger partial charge in [0.1, 0.15) is 0 Å². The van der Waals surface area contributed by atoms with Gasteiger partial charge in [0.2, 0.25) is 0 Å². The largest absolute Gasteiger partial charge is 0.357 e. The van der Waals surface area contributed by atoms with Gasteiger partial charge in [-0.25, -0.2) is 4.99 Å². The van der Waals surface area contributed by atoms with E-state index in [0.717, 1.165) is 37.5 Å². The summed E-state index contributed by atoms with van der Waals surface area (Å²) in [6, 6.07) is 7.60. The van der Waals surface area contributed by atoms with Crippen LogP contribution in [0.4, 0.5) is 0 Å². The van der Waals surface area contributed by atoms with E-state index in [1.807, 2.05) is 48.4 Å². The van der Waals surface area contributed by atoms with E-state index in [1.165, 1.54) is 5.56 Å². The third-order valence-electron chi connectivity index (χ3n) is 4.06. The van der Waals surface area contributed by atoms with Crippen LogP contribution in [-0.2, 0) is 20.0 Å². The molecule has 0 bridgehead atoms. The number of aliphatic imine (C=N–C) groups is 1. The lowest BCUT2D eigenvalue weighted by atomic mass is 10.1. The monoisotopic (exact) mass is 498 g/mol. The zero-order valence-electron chi connectivity index (χ0n) is 17.1. The molecule has 1 aromatic carbocycles. The number of carbonyl (C=O) groups is 1. The number of aromatic nitrogens is 2. The van der Waals surface area contributed by atoms with E-state index in [1.54, 1.807) is 19.0 Å². The van der Waals surface area contributed by atoms with Crippen molar-refractivity contribution in [2.45, 2.75) is 26.3 Å². The van der Waals surface area contributed by atoms with Crippen LogP contribution < -0.4 is 10.6 Å². The molecule has 2 aromatic rings. The summed E-state index contributed by atoms with van der Waals surface area (Å²) in [6.07, 6.45) is 5.95. The Labute approximate surface area is 184 Å². The highest BCUT2D eigenvalue weighted by Gasteiger charge is 2.07. The second kappa shape index (κ2) is 12.4. The van der Waals surface area contributed by atoms with Gasteiger partial charge in [-0.05, 0) is 43.0 Å². The molecule has 2 rings (SSSR count). The Balaban J connectivity index is 0.00000392. The first-order valence-corrected chi connectivity index (χ1v) is 9.30. The van der Waals surface area contributed by atoms with Gasteiger partial charge in [0, 0.05) is 46.0 Å². The molecule has 0 unspecified atom stereocenters. The predicted octanol–water partition coefficient (Wildman–Crippen LogP) is 2.43. The van der Waals surface area contributed by atoms with Crippen molar-refractivity contribution in [3.8, 4) is 0 Å². The van der Waals surface area contributed by atoms with Crippen LogP contribution in [0.15, 0.2) is 41.7 Å². The third-order valence-corrected chi connectivity index (χ3v) is 4.06. The quantitative estimate of drug-likeness (QED) is 0.254. The smallest absolute Gasteiger partial charge is 0.253 e. The normalized spacial score (nSPS) is 10.9. The van der Waals surface area contributed by atoms with Crippen molar-refractivity contribution in [3.05, 3.63) is 53.3 Å². The molecule has 154 valence electrons. The maximum Gasteiger partial charge on any atom is 0.253 e. The van der Waals surface area contributed by atoms with Gasteiger partial charge in [-0.15, -0.1) is 24.0 Å². The number of guanidine groups is 1. The van der Waals surface area contributed by atoms with Gasteiger partial charge in [-0.1, -0.05) is 12.1 Å². The number of nitrogens with zero attached hydrogens (tertiary/aromatic N) is 4. The second-order valence-electron chi connectivity index (χ2n) is 6.64. The highest BCUT2D eigenvalue weighted by atomic mass is 127. The molecular formula is C20H31IN6O. The van der Waals surface area contributed by atoms with Crippen LogP contribution in [0.1, 0.15) is 34.8 Å². The molecule has 0 radical (unpaired) electrons. The molecular weight excluding hydrogens is 467 g/mol. The highest BCUT2D eigenvalue weighted by molar-refractivity contribution is 14.0. The van der Waals surface area contributed by atoms with Gasteiger partial charge in [-0.2, -0.15) is 5.10 Å². The van der Waals surface area contributed by atoms with Gasteiger partial charge in [0.15, 0.2) is 5.96 Å². The molecule has 0 aliphatic rings. The molecule has 7 nitrogen and oxygen atoms in total. The number of hydrogen-bond donors (Lipinski definition) is 2. The number of aryl methyl sites for hydroxylation is 2. The molecule has 0 atom stereocenters. The van der Waals surface area contributed by atoms with Crippen LogP contribution >= 0.6 is 24.0 Å². The standard InChI is InChI=1S/C20H30N6O.HI/c1-5-21-20(22-12-6-7-17-14-24-26(4)15-17)23-13-16-8-10-18(11-9-16)19(27)25(2)3;/h8-11,14-15H,5-7,12-13H2,1-4H3,(H2,21,22,23);1H. The lowest BCUT2D eigenvalue weighted by Crippen LogP contribution is -2.37. The van der Waals surface area contributed by atoms with Crippen molar-refractivity contribution >= 4 is 35.8 Å². The Bertz CT molecular complexity index is 754. The minimum atomic E-state index is 0. The van der Waals surface area contributed by atoms with Gasteiger partial charge < -0.3 is 15.5 Å². The summed E-state index contributed by atoms with van der Waals surface area (Å²) in [6.45, 7) is 4.27. The summed E-state index contributed by atoms with van der Waals surface area (Å²) >= 11 is 0. The predicted molar refractivity (Wildman–Crippen MR) is 124 cm³/mol. The van der Waals surface area contributed by atoms with Crippen LogP contribution in [0.5, 0.6) is 0 Å². The first kappa shape index (κ1) is 23.9. The maximum atomic E-state index is 11.9. The van der Waals surface area contributed by atoms with Crippen molar-refractivity contribution in [3.63, 3.8) is 0 Å². The van der Waals surface area contributed by atoms with Crippen molar-refractivity contribution in [2.75, 3.05) is 27.2 Å². The van der Waals surface area contributed by atoms with E-state index >= 15 is 0 Å². The van der Waals surface area contributed by atoms with Crippen molar-refractivity contribution in [1.29, 1.82) is 0 Å². The number of nitrogens with one attached hydrogen (secondary N) is 2. The second-order valence-corrected chi connectivity index (χ2v) is 6.64. The van der Waals surface area contributed by atoms with Crippen LogP contribution in [0.3, 0.4) is 0 Å². The number of rotatable bonds is 8. The molecule has 8 heteroatoms. The number of carbonyl (C=O) groups excluding carboxylic acids is 1. The zero-order chi connectivity index (χ0) is 19.6. The lowest BCUT2D eigenvalue weighted by Gasteiger charge is -2.12. The van der Waals surface area contributed by atoms with Gasteiger partial charge in [0.05, 0.1) is 12.7 Å². The van der Waals surface area contributed by atoms with Crippen LogP contribution in [-0.4, -0.2) is 53.7 Å². The summed E-state index contributed by atoms with van der Waals surface area (Å²) in [7, 11) is 5.44. The molecule has 0 aliphatic carbocycles. The lowest BCUT2D eigenvalue weighted by molar-refractivity contribution is 0.0827. The molecule has 1 amide bonds. The summed E-state index contributed by atoms with van der Waals surface area (Å²) < 4.78 is 1.83. The zero-order valence-corrected chi connectivity index (χ0v) is 19.4. The average Bonchev–Trinajstić information content (AvgIpc) is 3.08. The molecule has 0 aliphatic heterocycles. The first-order chi connectivity index (χ1) is 13.0. The van der Waals surface area contributed by atoms with Crippen molar-refractivity contribution in [2.24, 2.45) is 12.0 Å². The minimum absolute atomic E-state index is 0. The fourth-order valence-corrected chi connectivity index (χ4v) is 2.62. The molecule has 0 spiro atoms. The van der Waals surface area contributed by atoms with Crippen molar-refractivity contribution < 1.29 is 4.79 Å². The maximum absolute atomic E-state index is 11.9. The topological polar surface area (TPSA) is 74.6 Å². The van der Waals surface area contributed by atoms with Crippen molar-refractivity contribution in [1.82, 2.24) is 25.3 Å². The molecule has 0 saturated carbocycles. The number of amides is 1. The third kappa shape index (κ3) is 7.87. The molecule has 2 N–H and O–H groups in total. The van der Waals surface area contributed by atoms with E-state index in [9.17, 15) is 4.79 Å². The van der Waals surface area contributed by atoms with Gasteiger partial charge >= 0.3 is 0 Å². The molecule has 0 saturated heterocycles. The minimum Gasteiger partial charge on any atom is -0.357 e. The van der Waals surface area contributed by atoms with Crippen LogP contribution in [0.25, 0.3) is 0 Å². The van der Waals surface area contributed by atoms with E-state index in [-0.39, 0.29) is 29.9 Å². The summed E-state index contributed by atoms with van der Waals surface area (Å²) in [5.41, 5.74) is 3.00. The van der Waals surface area contributed by atoms with E-state index in [4.69, 9.17) is 0 Å². The van der Waals surface area contributed by atoms with Crippen LogP contribution in [0.2, 0.25) is 0 Å². The summed E-state index contributed by atoms with van der Waals surface area (Å²) in [5.74, 6) is 0.811. The number of hydrogen-bond acceptors (Lipinski definition) is 3. The molecule has 0 fully saturated rings. The Kier molecular flexibility index (Phi) is 10.6. The average molecular weight is 498 g/mol. The van der Waals surface area contributed by atoms with Gasteiger partial charge in [-0.3, -0.25) is 9.48 Å². The van der Waals surface area contributed by atoms with E-state index in [0.29, 0.717) is 12.1 Å². The number of halogens is 1. The fourth-order valence-electron chi connectivity index (χ4n) is 2.62.